The first-order valence-electron chi connectivity index (χ1n) is 4.46. The normalized spacial score (nSPS) is 27.8. The summed E-state index contributed by atoms with van der Waals surface area (Å²) in [6, 6.07) is 0. The maximum absolute atomic E-state index is 9.81. The number of hydrogen-bond donors (Lipinski definition) is 1. The highest BCUT2D eigenvalue weighted by Gasteiger charge is 2.38. The predicted molar refractivity (Wildman–Crippen MR) is 46.4 cm³/mol. The van der Waals surface area contributed by atoms with Crippen molar-refractivity contribution < 1.29 is 19.0 Å². The molecule has 0 amide bonds. The fraction of sp³-hybridized carbons (Fsp3) is 0.667. The Morgan fingerprint density at radius 3 is 2.93 bits per heavy atom. The van der Waals surface area contributed by atoms with Crippen LogP contribution in [0.4, 0.5) is 0 Å². The van der Waals surface area contributed by atoms with Gasteiger partial charge in [0.15, 0.2) is 12.2 Å². The third-order valence-corrected chi connectivity index (χ3v) is 2.14. The maximum Gasteiger partial charge on any atom is 0.180 e. The van der Waals surface area contributed by atoms with Crippen LogP contribution in [0.3, 0.4) is 0 Å². The van der Waals surface area contributed by atoms with Crippen LogP contribution in [0.1, 0.15) is 25.6 Å². The van der Waals surface area contributed by atoms with Crippen molar-refractivity contribution in [2.45, 2.75) is 31.8 Å². The number of aromatic nitrogens is 1. The molecule has 5 heteroatoms. The van der Waals surface area contributed by atoms with Gasteiger partial charge < -0.3 is 19.0 Å². The van der Waals surface area contributed by atoms with Crippen molar-refractivity contribution >= 4 is 0 Å². The van der Waals surface area contributed by atoms with Crippen molar-refractivity contribution in [2.24, 2.45) is 0 Å². The largest absolute Gasteiger partial charge is 0.451 e. The summed E-state index contributed by atoms with van der Waals surface area (Å²) in [7, 11) is 0. The van der Waals surface area contributed by atoms with Gasteiger partial charge in [-0.25, -0.2) is 4.98 Å². The van der Waals surface area contributed by atoms with Gasteiger partial charge in [0.05, 0.1) is 6.61 Å². The molecule has 0 saturated carbocycles. The minimum absolute atomic E-state index is 0.362. The lowest BCUT2D eigenvalue weighted by Crippen LogP contribution is -2.25. The van der Waals surface area contributed by atoms with Gasteiger partial charge in [-0.1, -0.05) is 0 Å². The highest BCUT2D eigenvalue weighted by atomic mass is 16.7. The Balaban J connectivity index is 2.04. The molecular weight excluding hydrogens is 186 g/mol. The van der Waals surface area contributed by atoms with Crippen LogP contribution >= 0.6 is 0 Å². The Bertz CT molecular complexity index is 296. The molecule has 14 heavy (non-hydrogen) atoms. The van der Waals surface area contributed by atoms with Crippen molar-refractivity contribution in [3.63, 3.8) is 0 Å². The number of ether oxygens (including phenoxy) is 2. The summed E-state index contributed by atoms with van der Waals surface area (Å²) in [6.07, 6.45) is 1.50. The lowest BCUT2D eigenvalue weighted by molar-refractivity contribution is -0.151. The van der Waals surface area contributed by atoms with Crippen molar-refractivity contribution in [3.8, 4) is 0 Å². The molecule has 1 aliphatic rings. The molecule has 2 rings (SSSR count). The lowest BCUT2D eigenvalue weighted by Gasteiger charge is -2.19. The summed E-state index contributed by atoms with van der Waals surface area (Å²) < 4.78 is 15.6. The van der Waals surface area contributed by atoms with E-state index in [-0.39, 0.29) is 6.10 Å². The van der Waals surface area contributed by atoms with Crippen molar-refractivity contribution in [2.75, 3.05) is 6.61 Å². The first-order chi connectivity index (χ1) is 6.58. The van der Waals surface area contributed by atoms with Gasteiger partial charge in [0.2, 0.25) is 0 Å². The first-order valence-corrected chi connectivity index (χ1v) is 4.46. The van der Waals surface area contributed by atoms with Gasteiger partial charge in [0.1, 0.15) is 24.2 Å². The van der Waals surface area contributed by atoms with Crippen LogP contribution in [0.2, 0.25) is 0 Å². The monoisotopic (exact) mass is 199 g/mol. The second-order valence-corrected chi connectivity index (χ2v) is 3.73. The van der Waals surface area contributed by atoms with Crippen molar-refractivity contribution in [1.82, 2.24) is 4.98 Å². The fourth-order valence-corrected chi connectivity index (χ4v) is 1.43. The lowest BCUT2D eigenvalue weighted by atomic mass is 10.2. The topological polar surface area (TPSA) is 64.7 Å². The highest BCUT2D eigenvalue weighted by Crippen LogP contribution is 2.29. The molecule has 2 unspecified atom stereocenters. The van der Waals surface area contributed by atoms with E-state index in [0.717, 1.165) is 0 Å². The van der Waals surface area contributed by atoms with Crippen LogP contribution in [-0.2, 0) is 9.47 Å². The van der Waals surface area contributed by atoms with E-state index in [9.17, 15) is 5.11 Å². The molecule has 0 bridgehead atoms. The third kappa shape index (κ3) is 1.79. The standard InChI is InChI=1S/C9H13NO4/c1-9(2)13-4-7(14-9)8(11)6-3-12-5-10-6/h3,5,7-8,11H,4H2,1-2H3. The zero-order chi connectivity index (χ0) is 10.2. The summed E-state index contributed by atoms with van der Waals surface area (Å²) in [5, 5.41) is 9.81. The van der Waals surface area contributed by atoms with Crippen LogP contribution in [-0.4, -0.2) is 28.6 Å². The molecule has 0 radical (unpaired) electrons. The molecule has 1 N–H and O–H groups in total. The summed E-state index contributed by atoms with van der Waals surface area (Å²) >= 11 is 0. The van der Waals surface area contributed by atoms with Crippen LogP contribution in [0.5, 0.6) is 0 Å². The van der Waals surface area contributed by atoms with Gasteiger partial charge in [-0.2, -0.15) is 0 Å². The van der Waals surface area contributed by atoms with Gasteiger partial charge in [-0.3, -0.25) is 0 Å². The summed E-state index contributed by atoms with van der Waals surface area (Å²) in [6.45, 7) is 3.98. The zero-order valence-electron chi connectivity index (χ0n) is 8.14. The maximum atomic E-state index is 9.81. The van der Waals surface area contributed by atoms with E-state index in [4.69, 9.17) is 13.9 Å². The zero-order valence-corrected chi connectivity index (χ0v) is 8.14. The van der Waals surface area contributed by atoms with Crippen LogP contribution in [0.15, 0.2) is 17.1 Å². The molecule has 0 aromatic carbocycles. The summed E-state index contributed by atoms with van der Waals surface area (Å²) in [5.41, 5.74) is 0.469. The summed E-state index contributed by atoms with van der Waals surface area (Å²) in [5.74, 6) is -0.630. The van der Waals surface area contributed by atoms with Gasteiger partial charge in [-0.15, -0.1) is 0 Å². The molecule has 2 atom stereocenters. The van der Waals surface area contributed by atoms with E-state index >= 15 is 0 Å². The van der Waals surface area contributed by atoms with Crippen molar-refractivity contribution in [1.29, 1.82) is 0 Å². The first kappa shape index (κ1) is 9.64. The molecule has 0 aliphatic carbocycles. The van der Waals surface area contributed by atoms with E-state index in [1.54, 1.807) is 0 Å². The Kier molecular flexibility index (Phi) is 2.30. The number of rotatable bonds is 2. The molecule has 1 aromatic heterocycles. The van der Waals surface area contributed by atoms with Crippen LogP contribution in [0, 0.1) is 0 Å². The summed E-state index contributed by atoms with van der Waals surface area (Å²) in [4.78, 5) is 3.86. The van der Waals surface area contributed by atoms with Crippen LogP contribution in [0.25, 0.3) is 0 Å². The number of nitrogens with zero attached hydrogens (tertiary/aromatic N) is 1. The smallest absolute Gasteiger partial charge is 0.180 e. The Hall–Kier alpha value is -0.910. The molecule has 1 fully saturated rings. The molecule has 5 nitrogen and oxygen atoms in total. The predicted octanol–water partition coefficient (Wildman–Crippen LogP) is 0.859. The molecular formula is C9H13NO4. The average Bonchev–Trinajstić information content (AvgIpc) is 2.72. The van der Waals surface area contributed by atoms with E-state index in [1.165, 1.54) is 12.7 Å². The van der Waals surface area contributed by atoms with Gasteiger partial charge >= 0.3 is 0 Å². The van der Waals surface area contributed by atoms with Crippen LogP contribution < -0.4 is 0 Å². The molecule has 1 aromatic rings. The molecule has 1 saturated heterocycles. The number of aliphatic hydroxyl groups excluding tert-OH is 1. The Labute approximate surface area is 81.7 Å². The number of aliphatic hydroxyl groups is 1. The fourth-order valence-electron chi connectivity index (χ4n) is 1.43. The van der Waals surface area contributed by atoms with Gasteiger partial charge in [0, 0.05) is 0 Å². The number of hydrogen-bond acceptors (Lipinski definition) is 5. The van der Waals surface area contributed by atoms with Gasteiger partial charge in [0.25, 0.3) is 0 Å². The number of oxazole rings is 1. The van der Waals surface area contributed by atoms with E-state index in [1.807, 2.05) is 13.8 Å². The molecule has 78 valence electrons. The minimum Gasteiger partial charge on any atom is -0.451 e. The molecule has 0 spiro atoms. The minimum atomic E-state index is -0.796. The van der Waals surface area contributed by atoms with E-state index < -0.39 is 11.9 Å². The second kappa shape index (κ2) is 3.34. The highest BCUT2D eigenvalue weighted by molar-refractivity contribution is 5.00. The van der Waals surface area contributed by atoms with E-state index in [0.29, 0.717) is 12.3 Å². The SMILES string of the molecule is CC1(C)OCC(C(O)c2cocn2)O1. The second-order valence-electron chi connectivity index (χ2n) is 3.73. The Morgan fingerprint density at radius 2 is 2.43 bits per heavy atom. The van der Waals surface area contributed by atoms with E-state index in [2.05, 4.69) is 4.98 Å². The third-order valence-electron chi connectivity index (χ3n) is 2.14. The quantitative estimate of drug-likeness (QED) is 0.765. The Morgan fingerprint density at radius 1 is 1.64 bits per heavy atom. The molecule has 2 heterocycles. The van der Waals surface area contributed by atoms with Crippen molar-refractivity contribution in [3.05, 3.63) is 18.4 Å². The average molecular weight is 199 g/mol. The molecule has 1 aliphatic heterocycles. The van der Waals surface area contributed by atoms with Gasteiger partial charge in [-0.05, 0) is 13.8 Å².